The minimum atomic E-state index is -2.54. The Morgan fingerprint density at radius 2 is 1.87 bits per heavy atom. The molecular weight excluding hydrogens is 304 g/mol. The second-order valence-electron chi connectivity index (χ2n) is 4.88. The van der Waals surface area contributed by atoms with Crippen LogP contribution in [-0.4, -0.2) is 24.0 Å². The van der Waals surface area contributed by atoms with E-state index in [1.807, 2.05) is 0 Å². The van der Waals surface area contributed by atoms with E-state index in [2.05, 4.69) is 5.32 Å². The summed E-state index contributed by atoms with van der Waals surface area (Å²) in [4.78, 5) is 11.9. The lowest BCUT2D eigenvalue weighted by Crippen LogP contribution is -2.28. The lowest BCUT2D eigenvalue weighted by Gasteiger charge is -2.12. The fourth-order valence-corrected chi connectivity index (χ4v) is 1.98. The first-order chi connectivity index (χ1) is 11.1. The fourth-order valence-electron chi connectivity index (χ4n) is 1.98. The van der Waals surface area contributed by atoms with Gasteiger partial charge in [0.2, 0.25) is 0 Å². The van der Waals surface area contributed by atoms with Crippen LogP contribution in [0.4, 0.5) is 8.78 Å². The van der Waals surface area contributed by atoms with E-state index in [1.165, 1.54) is 0 Å². The number of nitrogens with one attached hydrogen (secondary N) is 1. The maximum atomic E-state index is 12.1. The maximum Gasteiger partial charge on any atom is 0.272 e. The van der Waals surface area contributed by atoms with Gasteiger partial charge in [0, 0.05) is 6.54 Å². The first kappa shape index (κ1) is 16.9. The number of hydrogen-bond donors (Lipinski definition) is 2. The summed E-state index contributed by atoms with van der Waals surface area (Å²) in [5.74, 6) is -0.226. The van der Waals surface area contributed by atoms with Gasteiger partial charge in [0.1, 0.15) is 12.4 Å². The number of ether oxygens (including phenoxy) is 1. The molecule has 0 aliphatic heterocycles. The van der Waals surface area contributed by atoms with Gasteiger partial charge in [0.05, 0.1) is 0 Å². The van der Waals surface area contributed by atoms with Gasteiger partial charge in [0.25, 0.3) is 12.3 Å². The Bertz CT molecular complexity index is 635. The van der Waals surface area contributed by atoms with Gasteiger partial charge in [-0.2, -0.15) is 0 Å². The first-order valence-electron chi connectivity index (χ1n) is 7.07. The zero-order valence-electron chi connectivity index (χ0n) is 12.3. The van der Waals surface area contributed by atoms with Crippen LogP contribution in [0.15, 0.2) is 54.6 Å². The summed E-state index contributed by atoms with van der Waals surface area (Å²) in [6, 6.07) is 15.1. The minimum absolute atomic E-state index is 0.161. The smallest absolute Gasteiger partial charge is 0.272 e. The van der Waals surface area contributed by atoms with Crippen molar-refractivity contribution < 1.29 is 23.4 Å². The van der Waals surface area contributed by atoms with Gasteiger partial charge < -0.3 is 15.2 Å². The average Bonchev–Trinajstić information content (AvgIpc) is 2.58. The maximum absolute atomic E-state index is 12.1. The molecule has 0 saturated carbocycles. The summed E-state index contributed by atoms with van der Waals surface area (Å²) >= 11 is 0. The van der Waals surface area contributed by atoms with E-state index in [0.29, 0.717) is 16.9 Å². The molecular formula is C17H17F2NO3. The topological polar surface area (TPSA) is 58.6 Å². The average molecular weight is 321 g/mol. The third-order valence-corrected chi connectivity index (χ3v) is 3.10. The Kier molecular flexibility index (Phi) is 6.05. The van der Waals surface area contributed by atoms with Gasteiger partial charge in [-0.25, -0.2) is 8.78 Å². The van der Waals surface area contributed by atoms with Crippen molar-refractivity contribution in [1.29, 1.82) is 0 Å². The van der Waals surface area contributed by atoms with E-state index in [9.17, 15) is 18.7 Å². The molecule has 0 aliphatic rings. The zero-order chi connectivity index (χ0) is 16.7. The third-order valence-electron chi connectivity index (χ3n) is 3.10. The molecule has 6 heteroatoms. The molecule has 0 spiro atoms. The molecule has 0 saturated heterocycles. The number of aliphatic hydroxyl groups excluding tert-OH is 1. The Hall–Kier alpha value is -2.47. The van der Waals surface area contributed by atoms with Crippen LogP contribution in [0, 0.1) is 0 Å². The third kappa shape index (κ3) is 5.34. The molecule has 2 aromatic carbocycles. The quantitative estimate of drug-likeness (QED) is 0.824. The number of benzene rings is 2. The fraction of sp³-hybridized carbons (Fsp3) is 0.235. The van der Waals surface area contributed by atoms with Crippen molar-refractivity contribution in [3.05, 3.63) is 65.7 Å². The van der Waals surface area contributed by atoms with Crippen LogP contribution in [0.5, 0.6) is 5.75 Å². The van der Waals surface area contributed by atoms with Crippen molar-refractivity contribution in [2.24, 2.45) is 0 Å². The van der Waals surface area contributed by atoms with E-state index in [0.717, 1.165) is 0 Å². The predicted molar refractivity (Wildman–Crippen MR) is 81.2 cm³/mol. The van der Waals surface area contributed by atoms with Crippen LogP contribution >= 0.6 is 0 Å². The lowest BCUT2D eigenvalue weighted by molar-refractivity contribution is -0.129. The number of carbonyl (C=O) groups is 1. The molecule has 0 aliphatic carbocycles. The van der Waals surface area contributed by atoms with Gasteiger partial charge in [-0.05, 0) is 23.3 Å². The number of carbonyl (C=O) groups excluding carboxylic acids is 1. The summed E-state index contributed by atoms with van der Waals surface area (Å²) < 4.78 is 29.1. The molecule has 1 unspecified atom stereocenters. The van der Waals surface area contributed by atoms with Crippen molar-refractivity contribution in [2.45, 2.75) is 19.1 Å². The lowest BCUT2D eigenvalue weighted by atomic mass is 10.1. The molecule has 2 aromatic rings. The highest BCUT2D eigenvalue weighted by molar-refractivity contribution is 5.81. The summed E-state index contributed by atoms with van der Waals surface area (Å²) in [7, 11) is 0. The van der Waals surface area contributed by atoms with Gasteiger partial charge in [0.15, 0.2) is 6.10 Å². The Morgan fingerprint density at radius 1 is 1.13 bits per heavy atom. The van der Waals surface area contributed by atoms with E-state index < -0.39 is 25.0 Å². The molecule has 122 valence electrons. The van der Waals surface area contributed by atoms with Crippen LogP contribution in [0.3, 0.4) is 0 Å². The van der Waals surface area contributed by atoms with Crippen molar-refractivity contribution in [3.8, 4) is 5.75 Å². The Morgan fingerprint density at radius 3 is 2.57 bits per heavy atom. The summed E-state index contributed by atoms with van der Waals surface area (Å²) in [6.07, 6.45) is -3.80. The van der Waals surface area contributed by atoms with Gasteiger partial charge in [-0.3, -0.25) is 4.79 Å². The molecule has 0 radical (unpaired) electrons. The van der Waals surface area contributed by atoms with Crippen molar-refractivity contribution in [1.82, 2.24) is 5.32 Å². The highest BCUT2D eigenvalue weighted by Gasteiger charge is 2.16. The normalized spacial score (nSPS) is 12.0. The second kappa shape index (κ2) is 8.24. The zero-order valence-corrected chi connectivity index (χ0v) is 12.3. The molecule has 1 atom stereocenters. The number of halogens is 2. The molecule has 2 N–H and O–H groups in total. The van der Waals surface area contributed by atoms with Crippen LogP contribution < -0.4 is 10.1 Å². The molecule has 0 bridgehead atoms. The summed E-state index contributed by atoms with van der Waals surface area (Å²) in [6.45, 7) is -0.517. The van der Waals surface area contributed by atoms with E-state index in [4.69, 9.17) is 4.74 Å². The largest absolute Gasteiger partial charge is 0.488 e. The van der Waals surface area contributed by atoms with Crippen molar-refractivity contribution in [3.63, 3.8) is 0 Å². The molecule has 0 aromatic heterocycles. The standard InChI is InChI=1S/C17H17F2NO3/c18-15(19)11-23-14-8-4-5-12(9-14)10-20-17(22)16(21)13-6-2-1-3-7-13/h1-9,15-16,21H,10-11H2,(H,20,22). The molecule has 2 rings (SSSR count). The summed E-state index contributed by atoms with van der Waals surface area (Å²) in [5.41, 5.74) is 1.18. The molecule has 0 fully saturated rings. The molecule has 0 heterocycles. The van der Waals surface area contributed by atoms with Gasteiger partial charge >= 0.3 is 0 Å². The van der Waals surface area contributed by atoms with Crippen LogP contribution in [-0.2, 0) is 11.3 Å². The number of alkyl halides is 2. The van der Waals surface area contributed by atoms with E-state index in [-0.39, 0.29) is 6.54 Å². The van der Waals surface area contributed by atoms with Gasteiger partial charge in [-0.1, -0.05) is 42.5 Å². The van der Waals surface area contributed by atoms with E-state index in [1.54, 1.807) is 54.6 Å². The highest BCUT2D eigenvalue weighted by atomic mass is 19.3. The number of rotatable bonds is 7. The first-order valence-corrected chi connectivity index (χ1v) is 7.07. The van der Waals surface area contributed by atoms with Crippen LogP contribution in [0.2, 0.25) is 0 Å². The number of amides is 1. The number of aliphatic hydroxyl groups is 1. The van der Waals surface area contributed by atoms with Crippen LogP contribution in [0.1, 0.15) is 17.2 Å². The van der Waals surface area contributed by atoms with Crippen LogP contribution in [0.25, 0.3) is 0 Å². The number of hydrogen-bond acceptors (Lipinski definition) is 3. The second-order valence-corrected chi connectivity index (χ2v) is 4.88. The molecule has 23 heavy (non-hydrogen) atoms. The minimum Gasteiger partial charge on any atom is -0.488 e. The highest BCUT2D eigenvalue weighted by Crippen LogP contribution is 2.15. The van der Waals surface area contributed by atoms with Gasteiger partial charge in [-0.15, -0.1) is 0 Å². The molecule has 1 amide bonds. The Labute approximate surface area is 132 Å². The molecule has 4 nitrogen and oxygen atoms in total. The predicted octanol–water partition coefficient (Wildman–Crippen LogP) is 2.68. The van der Waals surface area contributed by atoms with E-state index >= 15 is 0 Å². The SMILES string of the molecule is O=C(NCc1cccc(OCC(F)F)c1)C(O)c1ccccc1. The van der Waals surface area contributed by atoms with Crippen molar-refractivity contribution in [2.75, 3.05) is 6.61 Å². The summed E-state index contributed by atoms with van der Waals surface area (Å²) in [5, 5.41) is 12.5. The van der Waals surface area contributed by atoms with Crippen molar-refractivity contribution >= 4 is 5.91 Å². The Balaban J connectivity index is 1.90. The monoisotopic (exact) mass is 321 g/mol.